The van der Waals surface area contributed by atoms with E-state index in [1.54, 1.807) is 0 Å². The monoisotopic (exact) mass is 273 g/mol. The van der Waals surface area contributed by atoms with Crippen LogP contribution in [0.5, 0.6) is 0 Å². The van der Waals surface area contributed by atoms with Crippen molar-refractivity contribution in [2.45, 2.75) is 53.0 Å². The number of aromatic nitrogens is 2. The SMILES string of the molecule is CCCCCNCC(C)n1cnc2cc(C)c(C)cc21. The largest absolute Gasteiger partial charge is 0.326 e. The molecule has 0 saturated heterocycles. The quantitative estimate of drug-likeness (QED) is 0.773. The molecule has 1 aromatic heterocycles. The Labute approximate surface area is 122 Å². The number of aryl methyl sites for hydroxylation is 2. The summed E-state index contributed by atoms with van der Waals surface area (Å²) >= 11 is 0. The Kier molecular flexibility index (Phi) is 5.18. The van der Waals surface area contributed by atoms with Crippen molar-refractivity contribution in [2.24, 2.45) is 0 Å². The van der Waals surface area contributed by atoms with E-state index in [1.807, 2.05) is 6.33 Å². The van der Waals surface area contributed by atoms with Gasteiger partial charge in [0.15, 0.2) is 0 Å². The van der Waals surface area contributed by atoms with Crippen molar-refractivity contribution >= 4 is 11.0 Å². The van der Waals surface area contributed by atoms with Gasteiger partial charge >= 0.3 is 0 Å². The molecule has 0 aliphatic carbocycles. The van der Waals surface area contributed by atoms with Gasteiger partial charge in [-0.1, -0.05) is 19.8 Å². The van der Waals surface area contributed by atoms with E-state index in [-0.39, 0.29) is 0 Å². The van der Waals surface area contributed by atoms with Gasteiger partial charge in [-0.25, -0.2) is 4.98 Å². The zero-order chi connectivity index (χ0) is 14.5. The lowest BCUT2D eigenvalue weighted by Crippen LogP contribution is -2.24. The number of nitrogens with one attached hydrogen (secondary N) is 1. The zero-order valence-electron chi connectivity index (χ0n) is 13.2. The van der Waals surface area contributed by atoms with Crippen LogP contribution < -0.4 is 5.32 Å². The molecule has 0 fully saturated rings. The van der Waals surface area contributed by atoms with E-state index in [9.17, 15) is 0 Å². The predicted molar refractivity (Wildman–Crippen MR) is 86.3 cm³/mol. The Morgan fingerprint density at radius 2 is 1.95 bits per heavy atom. The first-order valence-corrected chi connectivity index (χ1v) is 7.78. The van der Waals surface area contributed by atoms with E-state index in [2.05, 4.69) is 54.7 Å². The predicted octanol–water partition coefficient (Wildman–Crippen LogP) is 3.99. The van der Waals surface area contributed by atoms with E-state index in [0.29, 0.717) is 6.04 Å². The highest BCUT2D eigenvalue weighted by molar-refractivity contribution is 5.77. The van der Waals surface area contributed by atoms with Crippen molar-refractivity contribution in [3.63, 3.8) is 0 Å². The maximum atomic E-state index is 4.53. The van der Waals surface area contributed by atoms with Crippen LogP contribution in [0.15, 0.2) is 18.5 Å². The molecule has 1 heterocycles. The second kappa shape index (κ2) is 6.89. The molecule has 1 atom stereocenters. The average molecular weight is 273 g/mol. The molecule has 1 N–H and O–H groups in total. The molecule has 0 amide bonds. The van der Waals surface area contributed by atoms with Crippen LogP contribution >= 0.6 is 0 Å². The second-order valence-electron chi connectivity index (χ2n) is 5.84. The first-order valence-electron chi connectivity index (χ1n) is 7.78. The minimum Gasteiger partial charge on any atom is -0.326 e. The summed E-state index contributed by atoms with van der Waals surface area (Å²) in [5.74, 6) is 0. The van der Waals surface area contributed by atoms with Crippen molar-refractivity contribution < 1.29 is 0 Å². The highest BCUT2D eigenvalue weighted by Crippen LogP contribution is 2.21. The normalized spacial score (nSPS) is 13.0. The van der Waals surface area contributed by atoms with Crippen molar-refractivity contribution in [1.29, 1.82) is 0 Å². The van der Waals surface area contributed by atoms with Crippen LogP contribution in [0.1, 0.15) is 50.3 Å². The van der Waals surface area contributed by atoms with Gasteiger partial charge in [0.2, 0.25) is 0 Å². The third-order valence-corrected chi connectivity index (χ3v) is 4.06. The fourth-order valence-electron chi connectivity index (χ4n) is 2.54. The molecule has 1 aromatic carbocycles. The van der Waals surface area contributed by atoms with Crippen molar-refractivity contribution in [3.8, 4) is 0 Å². The number of unbranched alkanes of at least 4 members (excludes halogenated alkanes) is 2. The first-order chi connectivity index (χ1) is 9.63. The lowest BCUT2D eigenvalue weighted by molar-refractivity contribution is 0.494. The van der Waals surface area contributed by atoms with Gasteiger partial charge in [0.1, 0.15) is 0 Å². The van der Waals surface area contributed by atoms with Crippen molar-refractivity contribution in [3.05, 3.63) is 29.6 Å². The summed E-state index contributed by atoms with van der Waals surface area (Å²) in [5.41, 5.74) is 5.00. The highest BCUT2D eigenvalue weighted by atomic mass is 15.1. The number of hydrogen-bond donors (Lipinski definition) is 1. The van der Waals surface area contributed by atoms with E-state index < -0.39 is 0 Å². The summed E-state index contributed by atoms with van der Waals surface area (Å²) < 4.78 is 2.29. The highest BCUT2D eigenvalue weighted by Gasteiger charge is 2.10. The number of imidazole rings is 1. The van der Waals surface area contributed by atoms with Crippen LogP contribution in [0, 0.1) is 13.8 Å². The Hall–Kier alpha value is -1.35. The van der Waals surface area contributed by atoms with Gasteiger partial charge in [-0.3, -0.25) is 0 Å². The molecule has 1 unspecified atom stereocenters. The summed E-state index contributed by atoms with van der Waals surface area (Å²) in [6.45, 7) is 10.9. The van der Waals surface area contributed by atoms with E-state index in [1.165, 1.54) is 35.9 Å². The Morgan fingerprint density at radius 1 is 1.20 bits per heavy atom. The minimum atomic E-state index is 0.434. The summed E-state index contributed by atoms with van der Waals surface area (Å²) in [5, 5.41) is 3.55. The van der Waals surface area contributed by atoms with E-state index >= 15 is 0 Å². The second-order valence-corrected chi connectivity index (χ2v) is 5.84. The van der Waals surface area contributed by atoms with E-state index in [0.717, 1.165) is 18.6 Å². The molecule has 3 nitrogen and oxygen atoms in total. The maximum absolute atomic E-state index is 4.53. The topological polar surface area (TPSA) is 29.9 Å². The molecule has 0 bridgehead atoms. The van der Waals surface area contributed by atoms with Crippen molar-refractivity contribution in [1.82, 2.24) is 14.9 Å². The van der Waals surface area contributed by atoms with Gasteiger partial charge in [-0.2, -0.15) is 0 Å². The first kappa shape index (κ1) is 15.0. The fourth-order valence-corrected chi connectivity index (χ4v) is 2.54. The van der Waals surface area contributed by atoms with Crippen LogP contribution in [0.4, 0.5) is 0 Å². The lowest BCUT2D eigenvalue weighted by Gasteiger charge is -2.16. The van der Waals surface area contributed by atoms with E-state index in [4.69, 9.17) is 0 Å². The summed E-state index contributed by atoms with van der Waals surface area (Å²) in [4.78, 5) is 4.53. The van der Waals surface area contributed by atoms with Gasteiger partial charge in [0, 0.05) is 12.6 Å². The third kappa shape index (κ3) is 3.40. The fraction of sp³-hybridized carbons (Fsp3) is 0.588. The molecule has 2 rings (SSSR count). The summed E-state index contributed by atoms with van der Waals surface area (Å²) in [6.07, 6.45) is 5.84. The number of hydrogen-bond acceptors (Lipinski definition) is 2. The summed E-state index contributed by atoms with van der Waals surface area (Å²) in [7, 11) is 0. The minimum absolute atomic E-state index is 0.434. The third-order valence-electron chi connectivity index (χ3n) is 4.06. The van der Waals surface area contributed by atoms with Gasteiger partial charge in [0.25, 0.3) is 0 Å². The van der Waals surface area contributed by atoms with Crippen LogP contribution in [0.25, 0.3) is 11.0 Å². The molecule has 110 valence electrons. The van der Waals surface area contributed by atoms with Crippen LogP contribution in [0.3, 0.4) is 0 Å². The van der Waals surface area contributed by atoms with Crippen molar-refractivity contribution in [2.75, 3.05) is 13.1 Å². The Bertz CT molecular complexity index is 557. The molecule has 3 heteroatoms. The average Bonchev–Trinajstić information content (AvgIpc) is 2.82. The standard InChI is InChI=1S/C17H27N3/c1-5-6-7-8-18-11-15(4)20-12-19-16-9-13(2)14(3)10-17(16)20/h9-10,12,15,18H,5-8,11H2,1-4H3. The molecular weight excluding hydrogens is 246 g/mol. The number of fused-ring (bicyclic) bond motifs is 1. The van der Waals surface area contributed by atoms with Crippen LogP contribution in [-0.2, 0) is 0 Å². The molecule has 0 aliphatic heterocycles. The maximum Gasteiger partial charge on any atom is 0.0961 e. The molecule has 20 heavy (non-hydrogen) atoms. The Morgan fingerprint density at radius 3 is 2.70 bits per heavy atom. The zero-order valence-corrected chi connectivity index (χ0v) is 13.2. The van der Waals surface area contributed by atoms with Gasteiger partial charge in [-0.05, 0) is 57.0 Å². The van der Waals surface area contributed by atoms with Crippen LogP contribution in [-0.4, -0.2) is 22.6 Å². The lowest BCUT2D eigenvalue weighted by atomic mass is 10.1. The summed E-state index contributed by atoms with van der Waals surface area (Å²) in [6, 6.07) is 4.87. The van der Waals surface area contributed by atoms with Crippen LogP contribution in [0.2, 0.25) is 0 Å². The Balaban J connectivity index is 2.03. The molecule has 0 saturated carbocycles. The molecule has 2 aromatic rings. The smallest absolute Gasteiger partial charge is 0.0961 e. The van der Waals surface area contributed by atoms with Gasteiger partial charge < -0.3 is 9.88 Å². The molecule has 0 aliphatic rings. The number of rotatable bonds is 7. The van der Waals surface area contributed by atoms with Gasteiger partial charge in [-0.15, -0.1) is 0 Å². The number of nitrogens with zero attached hydrogens (tertiary/aromatic N) is 2. The van der Waals surface area contributed by atoms with Gasteiger partial charge in [0.05, 0.1) is 17.4 Å². The number of benzene rings is 1. The molecular formula is C17H27N3. The molecule has 0 radical (unpaired) electrons. The molecule has 0 spiro atoms.